The van der Waals surface area contributed by atoms with Crippen molar-refractivity contribution in [3.8, 4) is 36.5 Å². The van der Waals surface area contributed by atoms with Crippen LogP contribution in [-0.2, 0) is 0 Å². The summed E-state index contributed by atoms with van der Waals surface area (Å²) < 4.78 is 0. The van der Waals surface area contributed by atoms with Crippen LogP contribution in [-0.4, -0.2) is 37.6 Å². The maximum absolute atomic E-state index is 6.00. The zero-order valence-electron chi connectivity index (χ0n) is 9.53. The van der Waals surface area contributed by atoms with Gasteiger partial charge in [0.1, 0.15) is 0 Å². The van der Waals surface area contributed by atoms with E-state index in [1.165, 1.54) is 32.7 Å². The quantitative estimate of drug-likeness (QED) is 0.548. The highest BCUT2D eigenvalue weighted by atomic mass is 15.2. The lowest BCUT2D eigenvalue weighted by molar-refractivity contribution is 0.253. The highest BCUT2D eigenvalue weighted by Gasteiger charge is 2.04. The van der Waals surface area contributed by atoms with Crippen molar-refractivity contribution in [2.75, 3.05) is 32.7 Å². The first-order chi connectivity index (χ1) is 7.85. The molecule has 1 rings (SSSR count). The van der Waals surface area contributed by atoms with E-state index in [1.54, 1.807) is 0 Å². The van der Waals surface area contributed by atoms with E-state index in [9.17, 15) is 0 Å². The summed E-state index contributed by atoms with van der Waals surface area (Å²) >= 11 is 0. The van der Waals surface area contributed by atoms with Crippen molar-refractivity contribution >= 4 is 0 Å². The molecule has 1 heterocycles. The number of rotatable bonds is 1. The third-order valence-electron chi connectivity index (χ3n) is 1.86. The molecule has 0 bridgehead atoms. The number of hydrogen-bond donors (Lipinski definition) is 1. The molecule has 0 unspecified atom stereocenters. The van der Waals surface area contributed by atoms with Crippen LogP contribution in [0.4, 0.5) is 0 Å². The predicted octanol–water partition coefficient (Wildman–Crippen LogP) is 1.67. The fraction of sp³-hybridized carbons (Fsp3) is 0.500. The summed E-state index contributed by atoms with van der Waals surface area (Å²) in [5.74, 6) is 8.61. The molecule has 0 aromatic carbocycles. The van der Waals surface area contributed by atoms with Crippen LogP contribution in [0.1, 0.15) is 15.5 Å². The lowest BCUT2D eigenvalue weighted by Gasteiger charge is -2.25. The van der Waals surface area contributed by atoms with E-state index in [0.29, 0.717) is 0 Å². The number of hydrogen-bond acceptors (Lipinski definition) is 4. The van der Waals surface area contributed by atoms with Gasteiger partial charge in [-0.1, -0.05) is 6.92 Å². The lowest BCUT2D eigenvalue weighted by atomic mass is 10.4. The maximum atomic E-state index is 6.00. The van der Waals surface area contributed by atoms with Gasteiger partial charge in [0.25, 0.3) is 0 Å². The smallest absolute Gasteiger partial charge is 0.0107 e. The first-order valence-electron chi connectivity index (χ1n) is 4.89. The number of terminal acetylenes is 2. The van der Waals surface area contributed by atoms with Crippen LogP contribution in [0.5, 0.6) is 0 Å². The van der Waals surface area contributed by atoms with Crippen LogP contribution in [0.2, 0.25) is 0 Å². The second-order valence-electron chi connectivity index (χ2n) is 2.72. The van der Waals surface area contributed by atoms with E-state index in [1.807, 2.05) is 0 Å². The summed E-state index contributed by atoms with van der Waals surface area (Å²) in [5.41, 5.74) is 0. The molecule has 0 radical (unpaired) electrons. The zero-order valence-corrected chi connectivity index (χ0v) is 9.53. The first-order valence-corrected chi connectivity index (χ1v) is 4.89. The summed E-state index contributed by atoms with van der Waals surface area (Å²) in [6.45, 7) is 8.24. The molecule has 0 aliphatic carbocycles. The molecule has 4 heteroatoms. The predicted molar refractivity (Wildman–Crippen MR) is 76.6 cm³/mol. The van der Waals surface area contributed by atoms with Crippen LogP contribution in [0.25, 0.3) is 0 Å². The van der Waals surface area contributed by atoms with Gasteiger partial charge in [-0.05, 0) is 30.2 Å². The molecule has 96 valence electrons. The van der Waals surface area contributed by atoms with Crippen molar-refractivity contribution in [1.29, 1.82) is 10.8 Å². The minimum absolute atomic E-state index is 0. The molecule has 1 N–H and O–H groups in total. The molecule has 1 fully saturated rings. The Bertz CT molecular complexity index is 302. The Morgan fingerprint density at radius 2 is 1.62 bits per heavy atom. The Morgan fingerprint density at radius 3 is 1.88 bits per heavy atom. The molecule has 0 atom stereocenters. The van der Waals surface area contributed by atoms with Gasteiger partial charge in [0.15, 0.2) is 0 Å². The average molecular weight is 228 g/mol. The van der Waals surface area contributed by atoms with Crippen LogP contribution < -0.4 is 5.32 Å². The fourth-order valence-corrected chi connectivity index (χ4v) is 1.10. The Balaban J connectivity index is -0.0000000218. The summed E-state index contributed by atoms with van der Waals surface area (Å²) in [4.78, 5) is 2.45. The summed E-state index contributed by atoms with van der Waals surface area (Å²) in [6, 6.07) is 0. The van der Waals surface area contributed by atoms with Gasteiger partial charge in [0.2, 0.25) is 0 Å². The van der Waals surface area contributed by atoms with Crippen LogP contribution in [0.3, 0.4) is 0 Å². The number of piperazine rings is 1. The van der Waals surface area contributed by atoms with Crippen LogP contribution in [0, 0.1) is 47.3 Å². The topological polar surface area (TPSA) is 62.9 Å². The first kappa shape index (κ1) is 16.4. The molecule has 0 spiro atoms. The Kier molecular flexibility index (Phi) is 15.9. The number of nitrogens with one attached hydrogen (secondary N) is 1. The van der Waals surface area contributed by atoms with E-state index >= 15 is 0 Å². The van der Waals surface area contributed by atoms with Crippen molar-refractivity contribution in [2.24, 2.45) is 0 Å². The summed E-state index contributed by atoms with van der Waals surface area (Å²) in [6.07, 6.45) is 9.39. The van der Waals surface area contributed by atoms with Gasteiger partial charge in [-0.3, -0.25) is 0 Å². The van der Waals surface area contributed by atoms with E-state index in [4.69, 9.17) is 23.6 Å². The fourth-order valence-electron chi connectivity index (χ4n) is 1.10. The minimum atomic E-state index is 0. The third-order valence-corrected chi connectivity index (χ3v) is 1.86. The van der Waals surface area contributed by atoms with Crippen molar-refractivity contribution < 1.29 is 8.56 Å². The van der Waals surface area contributed by atoms with Crippen molar-refractivity contribution in [2.45, 2.75) is 6.92 Å². The van der Waals surface area contributed by atoms with E-state index in [-0.39, 0.29) is 8.56 Å². The summed E-state index contributed by atoms with van der Waals surface area (Å²) in [5, 5.41) is 15.3. The molecule has 1 saturated heterocycles. The minimum Gasteiger partial charge on any atom is -0.314 e. The average Bonchev–Trinajstić information content (AvgIpc) is 2.40. The zero-order chi connectivity index (χ0) is 12.6. The molecule has 0 saturated carbocycles. The normalized spacial score (nSPS) is 13.1. The summed E-state index contributed by atoms with van der Waals surface area (Å²) in [7, 11) is 0. The molecule has 1 aliphatic heterocycles. The largest absolute Gasteiger partial charge is 0.314 e. The number of nitrogens with zero attached hydrogens (tertiary/aromatic N) is 3. The van der Waals surface area contributed by atoms with Crippen molar-refractivity contribution in [3.63, 3.8) is 0 Å². The van der Waals surface area contributed by atoms with Gasteiger partial charge in [-0.15, -0.1) is 12.8 Å². The maximum Gasteiger partial charge on any atom is 0.0107 e. The van der Waals surface area contributed by atoms with E-state index in [2.05, 4.69) is 40.8 Å². The Morgan fingerprint density at radius 1 is 1.19 bits per heavy atom. The lowest BCUT2D eigenvalue weighted by Crippen LogP contribution is -2.43. The van der Waals surface area contributed by atoms with Crippen molar-refractivity contribution in [1.82, 2.24) is 10.2 Å². The molecule has 0 aromatic rings. The second kappa shape index (κ2) is 15.5. The van der Waals surface area contributed by atoms with Gasteiger partial charge in [0.05, 0.1) is 0 Å². The standard InChI is InChI=1S/C6H14N2.C6H2.N2.6H2/c1-2-8-5-3-7-4-6-8;1-3-5-6-4-2;1-2;;;;;;/h7H,2-6H2,1H3;1-2H;;6*1H. The molecule has 1 aliphatic rings. The molecular weight excluding hydrogens is 200 g/mol. The molecule has 4 nitrogen and oxygen atoms in total. The van der Waals surface area contributed by atoms with Gasteiger partial charge in [0, 0.05) is 45.5 Å². The van der Waals surface area contributed by atoms with Gasteiger partial charge in [-0.2, -0.15) is 0 Å². The van der Waals surface area contributed by atoms with E-state index in [0.717, 1.165) is 0 Å². The van der Waals surface area contributed by atoms with Gasteiger partial charge >= 0.3 is 0 Å². The molecule has 16 heavy (non-hydrogen) atoms. The third kappa shape index (κ3) is 12.0. The highest BCUT2D eigenvalue weighted by molar-refractivity contribution is 5.31. The van der Waals surface area contributed by atoms with E-state index < -0.39 is 0 Å². The molecule has 0 amide bonds. The Hall–Kier alpha value is -1.98. The highest BCUT2D eigenvalue weighted by Crippen LogP contribution is 1.88. The number of likely N-dealkylation sites (N-methyl/N-ethyl adjacent to an activating group) is 1. The van der Waals surface area contributed by atoms with Crippen LogP contribution in [0.15, 0.2) is 0 Å². The second-order valence-corrected chi connectivity index (χ2v) is 2.72. The molecule has 0 aromatic heterocycles. The SMILES string of the molecule is C#CC#CC#C.CCN1CCNCC1.N#N.[HH].[HH].[HH].[HH].[HH].[HH]. The Labute approximate surface area is 107 Å². The van der Waals surface area contributed by atoms with Crippen LogP contribution >= 0.6 is 0 Å². The van der Waals surface area contributed by atoms with Crippen molar-refractivity contribution in [3.05, 3.63) is 0 Å². The molecular formula is C12H28N4. The van der Waals surface area contributed by atoms with Gasteiger partial charge < -0.3 is 10.2 Å². The monoisotopic (exact) mass is 228 g/mol. The van der Waals surface area contributed by atoms with Gasteiger partial charge in [-0.25, -0.2) is 0 Å².